The third kappa shape index (κ3) is 6.11. The number of carbonyl (C=O) groups is 1. The number of morpholine rings is 1. The number of hydrogen-bond acceptors (Lipinski definition) is 6. The maximum atomic E-state index is 12.4. The van der Waals surface area contributed by atoms with E-state index in [1.807, 2.05) is 37.3 Å². The van der Waals surface area contributed by atoms with Crippen molar-refractivity contribution in [3.63, 3.8) is 0 Å². The van der Waals surface area contributed by atoms with Gasteiger partial charge in [-0.05, 0) is 57.5 Å². The Morgan fingerprint density at radius 2 is 1.79 bits per heavy atom. The molecule has 178 valence electrons. The van der Waals surface area contributed by atoms with Crippen LogP contribution in [0.2, 0.25) is 0 Å². The molecule has 7 nitrogen and oxygen atoms in total. The van der Waals surface area contributed by atoms with Crippen LogP contribution in [0.15, 0.2) is 48.5 Å². The first kappa shape index (κ1) is 23.7. The van der Waals surface area contributed by atoms with Crippen molar-refractivity contribution in [1.82, 2.24) is 14.9 Å². The molecule has 3 aromatic rings. The highest BCUT2D eigenvalue weighted by atomic mass is 16.5. The monoisotopic (exact) mass is 460 g/mol. The molecular weight excluding hydrogens is 428 g/mol. The molecule has 2 heterocycles. The van der Waals surface area contributed by atoms with Gasteiger partial charge in [0, 0.05) is 24.7 Å². The van der Waals surface area contributed by atoms with Gasteiger partial charge in [0.25, 0.3) is 5.91 Å². The molecule has 0 saturated carbocycles. The Balaban J connectivity index is 1.44. The number of aryl methyl sites for hydroxylation is 3. The molecule has 1 N–H and O–H groups in total. The van der Waals surface area contributed by atoms with E-state index < -0.39 is 0 Å². The van der Waals surface area contributed by atoms with Gasteiger partial charge in [-0.25, -0.2) is 9.97 Å². The fourth-order valence-corrected chi connectivity index (χ4v) is 4.14. The Kier molecular flexibility index (Phi) is 7.43. The number of aromatic nitrogens is 2. The van der Waals surface area contributed by atoms with Gasteiger partial charge in [0.2, 0.25) is 0 Å². The normalized spacial score (nSPS) is 14.5. The largest absolute Gasteiger partial charge is 0.484 e. The minimum atomic E-state index is -0.0183. The molecule has 1 atom stereocenters. The first-order valence-corrected chi connectivity index (χ1v) is 11.7. The molecule has 1 aliphatic heterocycles. The first-order valence-electron chi connectivity index (χ1n) is 11.7. The van der Waals surface area contributed by atoms with Crippen molar-refractivity contribution in [3.05, 3.63) is 71.0 Å². The molecule has 1 fully saturated rings. The van der Waals surface area contributed by atoms with E-state index in [2.05, 4.69) is 54.3 Å². The second-order valence-corrected chi connectivity index (χ2v) is 8.78. The van der Waals surface area contributed by atoms with E-state index in [1.165, 1.54) is 11.1 Å². The standard InChI is InChI=1S/C27H32N4O3/c1-18-12-19(2)14-23(13-18)25-16-26(30-21(4)29-25)28-20(3)22-6-5-7-24(15-22)34-17-27(32)31-8-10-33-11-9-31/h5-7,12-16,20H,8-11,17H2,1-4H3,(H,28,29,30)/t20-/m0/s1. The third-order valence-electron chi connectivity index (χ3n) is 5.80. The summed E-state index contributed by atoms with van der Waals surface area (Å²) in [5, 5.41) is 3.49. The molecule has 1 amide bonds. The molecule has 4 rings (SSSR count). The van der Waals surface area contributed by atoms with Crippen molar-refractivity contribution in [1.29, 1.82) is 0 Å². The maximum Gasteiger partial charge on any atom is 0.260 e. The van der Waals surface area contributed by atoms with E-state index in [9.17, 15) is 4.79 Å². The van der Waals surface area contributed by atoms with Gasteiger partial charge >= 0.3 is 0 Å². The summed E-state index contributed by atoms with van der Waals surface area (Å²) in [5.74, 6) is 2.13. The van der Waals surface area contributed by atoms with Gasteiger partial charge in [-0.3, -0.25) is 4.79 Å². The van der Waals surface area contributed by atoms with Crippen LogP contribution >= 0.6 is 0 Å². The molecule has 0 radical (unpaired) electrons. The van der Waals surface area contributed by atoms with Crippen LogP contribution in [0.4, 0.5) is 5.82 Å². The molecule has 2 aromatic carbocycles. The molecule has 0 bridgehead atoms. The lowest BCUT2D eigenvalue weighted by Crippen LogP contribution is -2.42. The number of nitrogens with one attached hydrogen (secondary N) is 1. The van der Waals surface area contributed by atoms with E-state index in [0.29, 0.717) is 37.9 Å². The number of anilines is 1. The number of ether oxygens (including phenoxy) is 2. The van der Waals surface area contributed by atoms with Gasteiger partial charge in [0.1, 0.15) is 17.4 Å². The van der Waals surface area contributed by atoms with Gasteiger partial charge in [-0.15, -0.1) is 0 Å². The summed E-state index contributed by atoms with van der Waals surface area (Å²) in [6.07, 6.45) is 0. The van der Waals surface area contributed by atoms with Crippen LogP contribution in [0.5, 0.6) is 5.75 Å². The summed E-state index contributed by atoms with van der Waals surface area (Å²) in [7, 11) is 0. The van der Waals surface area contributed by atoms with Gasteiger partial charge in [0.15, 0.2) is 6.61 Å². The zero-order valence-corrected chi connectivity index (χ0v) is 20.3. The molecular formula is C27H32N4O3. The van der Waals surface area contributed by atoms with E-state index in [1.54, 1.807) is 4.90 Å². The highest BCUT2D eigenvalue weighted by Gasteiger charge is 2.17. The summed E-state index contributed by atoms with van der Waals surface area (Å²) in [5.41, 5.74) is 5.43. The minimum absolute atomic E-state index is 0.0140. The topological polar surface area (TPSA) is 76.6 Å². The van der Waals surface area contributed by atoms with E-state index >= 15 is 0 Å². The van der Waals surface area contributed by atoms with Crippen molar-refractivity contribution in [3.8, 4) is 17.0 Å². The molecule has 0 aliphatic carbocycles. The van der Waals surface area contributed by atoms with Crippen LogP contribution in [-0.4, -0.2) is 53.7 Å². The predicted molar refractivity (Wildman–Crippen MR) is 133 cm³/mol. The molecule has 1 saturated heterocycles. The Morgan fingerprint density at radius 3 is 2.53 bits per heavy atom. The summed E-state index contributed by atoms with van der Waals surface area (Å²) < 4.78 is 11.1. The zero-order chi connectivity index (χ0) is 24.1. The van der Waals surface area contributed by atoms with Crippen molar-refractivity contribution in [2.45, 2.75) is 33.7 Å². The van der Waals surface area contributed by atoms with Crippen molar-refractivity contribution >= 4 is 11.7 Å². The number of nitrogens with zero attached hydrogens (tertiary/aromatic N) is 3. The Morgan fingerprint density at radius 1 is 1.06 bits per heavy atom. The van der Waals surface area contributed by atoms with Crippen molar-refractivity contribution in [2.24, 2.45) is 0 Å². The lowest BCUT2D eigenvalue weighted by molar-refractivity contribution is -0.137. The summed E-state index contributed by atoms with van der Waals surface area (Å²) in [6, 6.07) is 16.2. The number of carbonyl (C=O) groups excluding carboxylic acids is 1. The van der Waals surface area contributed by atoms with Crippen LogP contribution in [0.3, 0.4) is 0 Å². The van der Waals surface area contributed by atoms with Gasteiger partial charge in [-0.2, -0.15) is 0 Å². The van der Waals surface area contributed by atoms with Crippen LogP contribution < -0.4 is 10.1 Å². The quantitative estimate of drug-likeness (QED) is 0.560. The summed E-state index contributed by atoms with van der Waals surface area (Å²) in [4.78, 5) is 23.4. The second kappa shape index (κ2) is 10.7. The zero-order valence-electron chi connectivity index (χ0n) is 20.3. The summed E-state index contributed by atoms with van der Waals surface area (Å²) >= 11 is 0. The Bertz CT molecular complexity index is 1140. The Labute approximate surface area is 201 Å². The molecule has 7 heteroatoms. The average molecular weight is 461 g/mol. The van der Waals surface area contributed by atoms with Gasteiger partial charge in [-0.1, -0.05) is 29.3 Å². The molecule has 34 heavy (non-hydrogen) atoms. The van der Waals surface area contributed by atoms with Crippen molar-refractivity contribution < 1.29 is 14.3 Å². The molecule has 1 aliphatic rings. The summed E-state index contributed by atoms with van der Waals surface area (Å²) in [6.45, 7) is 10.6. The maximum absolute atomic E-state index is 12.4. The van der Waals surface area contributed by atoms with Crippen LogP contribution in [-0.2, 0) is 9.53 Å². The highest BCUT2D eigenvalue weighted by molar-refractivity contribution is 5.77. The van der Waals surface area contributed by atoms with Crippen LogP contribution in [0, 0.1) is 20.8 Å². The lowest BCUT2D eigenvalue weighted by atomic mass is 10.0. The molecule has 1 aromatic heterocycles. The number of benzene rings is 2. The fourth-order valence-electron chi connectivity index (χ4n) is 4.14. The fraction of sp³-hybridized carbons (Fsp3) is 0.370. The second-order valence-electron chi connectivity index (χ2n) is 8.78. The van der Waals surface area contributed by atoms with E-state index in [4.69, 9.17) is 9.47 Å². The van der Waals surface area contributed by atoms with E-state index in [0.717, 1.165) is 22.6 Å². The van der Waals surface area contributed by atoms with Crippen molar-refractivity contribution in [2.75, 3.05) is 38.2 Å². The molecule has 0 spiro atoms. The number of rotatable bonds is 7. The minimum Gasteiger partial charge on any atom is -0.484 e. The van der Waals surface area contributed by atoms with Gasteiger partial charge in [0.05, 0.1) is 24.9 Å². The van der Waals surface area contributed by atoms with Crippen LogP contribution in [0.1, 0.15) is 35.5 Å². The Hall–Kier alpha value is -3.45. The number of amides is 1. The SMILES string of the molecule is Cc1cc(C)cc(-c2cc(N[C@@H](C)c3cccc(OCC(=O)N4CCOCC4)c3)nc(C)n2)c1. The van der Waals surface area contributed by atoms with Crippen LogP contribution in [0.25, 0.3) is 11.3 Å². The van der Waals surface area contributed by atoms with Gasteiger partial charge < -0.3 is 19.7 Å². The highest BCUT2D eigenvalue weighted by Crippen LogP contribution is 2.26. The predicted octanol–water partition coefficient (Wildman–Crippen LogP) is 4.48. The first-order chi connectivity index (χ1) is 16.4. The lowest BCUT2D eigenvalue weighted by Gasteiger charge is -2.26. The van der Waals surface area contributed by atoms with E-state index in [-0.39, 0.29) is 18.6 Å². The smallest absolute Gasteiger partial charge is 0.260 e. The molecule has 0 unspecified atom stereocenters. The average Bonchev–Trinajstić information content (AvgIpc) is 2.82. The third-order valence-corrected chi connectivity index (χ3v) is 5.80. The number of hydrogen-bond donors (Lipinski definition) is 1.